The van der Waals surface area contributed by atoms with Gasteiger partial charge in [-0.1, -0.05) is 18.5 Å². The van der Waals surface area contributed by atoms with Crippen LogP contribution in [0.1, 0.15) is 19.8 Å². The molecule has 3 nitrogen and oxygen atoms in total. The molecular weight excluding hydrogens is 326 g/mol. The van der Waals surface area contributed by atoms with Crippen LogP contribution in [-0.4, -0.2) is 14.5 Å². The Labute approximate surface area is 115 Å². The second-order valence-corrected chi connectivity index (χ2v) is 7.45. The van der Waals surface area contributed by atoms with Crippen molar-refractivity contribution in [3.63, 3.8) is 0 Å². The summed E-state index contributed by atoms with van der Waals surface area (Å²) in [6, 6.07) is 4.68. The van der Waals surface area contributed by atoms with Crippen LogP contribution in [0.15, 0.2) is 27.6 Å². The van der Waals surface area contributed by atoms with Gasteiger partial charge in [0.1, 0.15) is 0 Å². The molecule has 2 rings (SSSR count). The van der Waals surface area contributed by atoms with Gasteiger partial charge >= 0.3 is 0 Å². The number of hydrogen-bond acceptors (Lipinski definition) is 2. The Morgan fingerprint density at radius 1 is 1.41 bits per heavy atom. The van der Waals surface area contributed by atoms with E-state index < -0.39 is 10.0 Å². The van der Waals surface area contributed by atoms with E-state index in [2.05, 4.69) is 27.6 Å². The Hall–Kier alpha value is -0.100. The molecule has 17 heavy (non-hydrogen) atoms. The van der Waals surface area contributed by atoms with Crippen molar-refractivity contribution in [3.05, 3.63) is 27.7 Å². The summed E-state index contributed by atoms with van der Waals surface area (Å²) in [5.74, 6) is 0.611. The highest BCUT2D eigenvalue weighted by Gasteiger charge is 2.29. The van der Waals surface area contributed by atoms with E-state index >= 15 is 0 Å². The molecule has 1 aliphatic carbocycles. The molecule has 6 heteroatoms. The number of sulfonamides is 1. The monoisotopic (exact) mass is 337 g/mol. The number of hydrogen-bond donors (Lipinski definition) is 1. The molecule has 0 unspecified atom stereocenters. The third kappa shape index (κ3) is 3.02. The van der Waals surface area contributed by atoms with Gasteiger partial charge in [-0.15, -0.1) is 0 Å². The van der Waals surface area contributed by atoms with Gasteiger partial charge in [0.15, 0.2) is 0 Å². The summed E-state index contributed by atoms with van der Waals surface area (Å²) in [7, 11) is -3.42. The molecule has 0 heterocycles. The van der Waals surface area contributed by atoms with Crippen molar-refractivity contribution in [1.82, 2.24) is 4.72 Å². The quantitative estimate of drug-likeness (QED) is 0.920. The number of rotatable bonds is 3. The largest absolute Gasteiger partial charge is 0.240 e. The van der Waals surface area contributed by atoms with Crippen molar-refractivity contribution in [1.29, 1.82) is 0 Å². The third-order valence-corrected chi connectivity index (χ3v) is 5.63. The molecule has 0 aliphatic heterocycles. The standard InChI is InChI=1S/C11H13BrClNO2S/c1-7-4-8(5-7)14-17(15,16)9-2-3-11(13)10(12)6-9/h2-3,6-8,14H,4-5H2,1H3. The molecule has 1 fully saturated rings. The van der Waals surface area contributed by atoms with E-state index in [1.54, 1.807) is 6.07 Å². The van der Waals surface area contributed by atoms with E-state index in [9.17, 15) is 8.42 Å². The van der Waals surface area contributed by atoms with Crippen molar-refractivity contribution >= 4 is 37.6 Å². The summed E-state index contributed by atoms with van der Waals surface area (Å²) in [5, 5.41) is 0.501. The molecule has 0 bridgehead atoms. The predicted molar refractivity (Wildman–Crippen MR) is 71.7 cm³/mol. The molecule has 94 valence electrons. The average Bonchev–Trinajstić information content (AvgIpc) is 2.19. The lowest BCUT2D eigenvalue weighted by Crippen LogP contribution is -2.43. The minimum atomic E-state index is -3.42. The summed E-state index contributed by atoms with van der Waals surface area (Å²) in [5.41, 5.74) is 0. The molecule has 0 amide bonds. The number of nitrogens with one attached hydrogen (secondary N) is 1. The third-order valence-electron chi connectivity index (χ3n) is 2.90. The molecular formula is C11H13BrClNO2S. The zero-order valence-corrected chi connectivity index (χ0v) is 12.4. The predicted octanol–water partition coefficient (Wildman–Crippen LogP) is 3.18. The Morgan fingerprint density at radius 2 is 2.06 bits per heavy atom. The maximum absolute atomic E-state index is 12.0. The van der Waals surface area contributed by atoms with Crippen LogP contribution in [0.3, 0.4) is 0 Å². The van der Waals surface area contributed by atoms with E-state index in [0.29, 0.717) is 15.4 Å². The van der Waals surface area contributed by atoms with Gasteiger partial charge in [0.2, 0.25) is 10.0 Å². The highest BCUT2D eigenvalue weighted by molar-refractivity contribution is 9.10. The van der Waals surface area contributed by atoms with E-state index in [4.69, 9.17) is 11.6 Å². The molecule has 1 aliphatic rings. The average molecular weight is 339 g/mol. The van der Waals surface area contributed by atoms with Crippen molar-refractivity contribution < 1.29 is 8.42 Å². The Balaban J connectivity index is 2.17. The second kappa shape index (κ2) is 4.88. The second-order valence-electron chi connectivity index (χ2n) is 4.47. The van der Waals surface area contributed by atoms with Crippen LogP contribution in [0.4, 0.5) is 0 Å². The topological polar surface area (TPSA) is 46.2 Å². The summed E-state index contributed by atoms with van der Waals surface area (Å²) >= 11 is 9.05. The van der Waals surface area contributed by atoms with Crippen LogP contribution in [0.2, 0.25) is 5.02 Å². The van der Waals surface area contributed by atoms with Crippen molar-refractivity contribution in [2.24, 2.45) is 5.92 Å². The highest BCUT2D eigenvalue weighted by atomic mass is 79.9. The number of halogens is 2. The van der Waals surface area contributed by atoms with Gasteiger partial charge in [-0.05, 0) is 52.9 Å². The zero-order valence-electron chi connectivity index (χ0n) is 9.28. The highest BCUT2D eigenvalue weighted by Crippen LogP contribution is 2.29. The summed E-state index contributed by atoms with van der Waals surface area (Å²) in [6.07, 6.45) is 1.82. The van der Waals surface area contributed by atoms with Crippen LogP contribution in [0, 0.1) is 5.92 Å². The van der Waals surface area contributed by atoms with Gasteiger partial charge in [0.05, 0.1) is 9.92 Å². The summed E-state index contributed by atoms with van der Waals surface area (Å²) in [4.78, 5) is 0.244. The fourth-order valence-corrected chi connectivity index (χ4v) is 3.87. The first kappa shape index (κ1) is 13.3. The first-order chi connectivity index (χ1) is 7.88. The van der Waals surface area contributed by atoms with Crippen LogP contribution >= 0.6 is 27.5 Å². The molecule has 1 saturated carbocycles. The molecule has 0 aromatic heterocycles. The van der Waals surface area contributed by atoms with Crippen LogP contribution in [0.25, 0.3) is 0 Å². The smallest absolute Gasteiger partial charge is 0.208 e. The minimum Gasteiger partial charge on any atom is -0.208 e. The fourth-order valence-electron chi connectivity index (χ4n) is 1.93. The van der Waals surface area contributed by atoms with Gasteiger partial charge in [-0.2, -0.15) is 0 Å². The zero-order chi connectivity index (χ0) is 12.6. The van der Waals surface area contributed by atoms with E-state index in [1.165, 1.54) is 12.1 Å². The fraction of sp³-hybridized carbons (Fsp3) is 0.455. The van der Waals surface area contributed by atoms with Gasteiger partial charge in [-0.3, -0.25) is 0 Å². The lowest BCUT2D eigenvalue weighted by atomic mass is 9.83. The van der Waals surface area contributed by atoms with Crippen molar-refractivity contribution in [2.45, 2.75) is 30.7 Å². The Bertz CT molecular complexity index is 526. The molecule has 0 radical (unpaired) electrons. The van der Waals surface area contributed by atoms with Crippen LogP contribution in [-0.2, 0) is 10.0 Å². The first-order valence-electron chi connectivity index (χ1n) is 5.36. The van der Waals surface area contributed by atoms with Gasteiger partial charge < -0.3 is 0 Å². The normalized spacial score (nSPS) is 24.4. The van der Waals surface area contributed by atoms with Gasteiger partial charge in [0.25, 0.3) is 0 Å². The minimum absolute atomic E-state index is 0.0736. The Kier molecular flexibility index (Phi) is 3.83. The van der Waals surface area contributed by atoms with Crippen molar-refractivity contribution in [3.8, 4) is 0 Å². The van der Waals surface area contributed by atoms with E-state index in [-0.39, 0.29) is 10.9 Å². The molecule has 0 spiro atoms. The number of benzene rings is 1. The summed E-state index contributed by atoms with van der Waals surface area (Å²) < 4.78 is 27.3. The van der Waals surface area contributed by atoms with Crippen LogP contribution in [0.5, 0.6) is 0 Å². The SMILES string of the molecule is CC1CC(NS(=O)(=O)c2ccc(Cl)c(Br)c2)C1. The summed E-state index contributed by atoms with van der Waals surface area (Å²) in [6.45, 7) is 2.11. The van der Waals surface area contributed by atoms with Crippen molar-refractivity contribution in [2.75, 3.05) is 0 Å². The molecule has 1 N–H and O–H groups in total. The molecule has 1 aromatic carbocycles. The maximum Gasteiger partial charge on any atom is 0.240 e. The molecule has 0 atom stereocenters. The van der Waals surface area contributed by atoms with E-state index in [1.807, 2.05) is 0 Å². The maximum atomic E-state index is 12.0. The lowest BCUT2D eigenvalue weighted by molar-refractivity contribution is 0.270. The molecule has 0 saturated heterocycles. The van der Waals surface area contributed by atoms with Crippen LogP contribution < -0.4 is 4.72 Å². The molecule has 1 aromatic rings. The Morgan fingerprint density at radius 3 is 2.59 bits per heavy atom. The van der Waals surface area contributed by atoms with Gasteiger partial charge in [0, 0.05) is 10.5 Å². The lowest BCUT2D eigenvalue weighted by Gasteiger charge is -2.32. The first-order valence-corrected chi connectivity index (χ1v) is 8.01. The van der Waals surface area contributed by atoms with E-state index in [0.717, 1.165) is 12.8 Å². The van der Waals surface area contributed by atoms with Gasteiger partial charge in [-0.25, -0.2) is 13.1 Å².